The van der Waals surface area contributed by atoms with E-state index in [4.69, 9.17) is 4.98 Å². The maximum absolute atomic E-state index is 14.9. The quantitative estimate of drug-likeness (QED) is 0.191. The minimum atomic E-state index is -1.10. The van der Waals surface area contributed by atoms with Gasteiger partial charge in [0.15, 0.2) is 5.88 Å². The molecular weight excluding hydrogens is 724 g/mol. The Morgan fingerprint density at radius 1 is 0.772 bits per heavy atom. The number of carbonyl (C=O) groups excluding carboxylic acids is 3. The van der Waals surface area contributed by atoms with Crippen molar-refractivity contribution in [1.82, 2.24) is 19.4 Å². The number of Topliss-reactive ketones (excluding diaryl/α,β-unsaturated/α-hetero) is 1. The number of aromatic amines is 1. The maximum atomic E-state index is 14.9. The van der Waals surface area contributed by atoms with E-state index in [2.05, 4.69) is 14.9 Å². The summed E-state index contributed by atoms with van der Waals surface area (Å²) in [7, 11) is 0. The van der Waals surface area contributed by atoms with Gasteiger partial charge in [-0.15, -0.1) is 0 Å². The molecule has 0 aliphatic carbocycles. The van der Waals surface area contributed by atoms with E-state index in [1.54, 1.807) is 34.9 Å². The predicted molar refractivity (Wildman–Crippen MR) is 211 cm³/mol. The first-order valence-corrected chi connectivity index (χ1v) is 18.8. The fraction of sp³-hybridized carbons (Fsp3) is 0.156. The highest BCUT2D eigenvalue weighted by Gasteiger charge is 2.74. The number of ketones is 1. The van der Waals surface area contributed by atoms with E-state index >= 15 is 0 Å². The molecule has 2 N–H and O–H groups in total. The highest BCUT2D eigenvalue weighted by molar-refractivity contribution is 6.56. The number of nitrogens with zero attached hydrogens (tertiary/aromatic N) is 5. The number of rotatable bonds is 2. The van der Waals surface area contributed by atoms with Crippen molar-refractivity contribution in [2.75, 3.05) is 11.4 Å². The van der Waals surface area contributed by atoms with Crippen LogP contribution in [0.5, 0.6) is 5.88 Å². The number of hydrogen-bond acceptors (Lipinski definition) is 8. The molecule has 1 spiro atoms. The lowest BCUT2D eigenvalue weighted by Crippen LogP contribution is -2.51. The van der Waals surface area contributed by atoms with Crippen molar-refractivity contribution < 1.29 is 23.9 Å². The molecule has 12 rings (SSSR count). The van der Waals surface area contributed by atoms with Crippen molar-refractivity contribution in [2.45, 2.75) is 24.4 Å². The van der Waals surface area contributed by atoms with E-state index in [-0.39, 0.29) is 34.9 Å². The number of carbonyl (C=O) groups is 3. The molecule has 5 aliphatic heterocycles. The van der Waals surface area contributed by atoms with Crippen LogP contribution in [0.4, 0.5) is 15.8 Å². The van der Waals surface area contributed by atoms with Gasteiger partial charge in [-0.05, 0) is 67.9 Å². The third-order valence-electron chi connectivity index (χ3n) is 12.3. The van der Waals surface area contributed by atoms with Crippen LogP contribution in [0.3, 0.4) is 0 Å². The molecule has 11 nitrogen and oxygen atoms in total. The molecule has 7 heterocycles. The minimum Gasteiger partial charge on any atom is -0.494 e. The van der Waals surface area contributed by atoms with Gasteiger partial charge in [-0.3, -0.25) is 28.6 Å². The van der Waals surface area contributed by atoms with Crippen LogP contribution in [-0.2, 0) is 15.1 Å². The molecule has 0 saturated carbocycles. The highest BCUT2D eigenvalue weighted by Crippen LogP contribution is 2.62. The predicted octanol–water partition coefficient (Wildman–Crippen LogP) is 6.56. The molecule has 5 aliphatic rings. The fourth-order valence-corrected chi connectivity index (χ4v) is 10.1. The van der Waals surface area contributed by atoms with Crippen molar-refractivity contribution in [3.8, 4) is 11.6 Å². The maximum Gasteiger partial charge on any atom is 0.266 e. The zero-order chi connectivity index (χ0) is 38.7. The Morgan fingerprint density at radius 3 is 2.30 bits per heavy atom. The van der Waals surface area contributed by atoms with Gasteiger partial charge in [0.2, 0.25) is 17.6 Å². The van der Waals surface area contributed by atoms with Gasteiger partial charge in [-0.1, -0.05) is 72.8 Å². The van der Waals surface area contributed by atoms with Gasteiger partial charge in [0.1, 0.15) is 22.9 Å². The van der Waals surface area contributed by atoms with E-state index < -0.39 is 29.1 Å². The molecular formula is C45H31FN6O5. The second-order valence-corrected chi connectivity index (χ2v) is 14.9. The molecule has 7 aromatic rings. The van der Waals surface area contributed by atoms with Gasteiger partial charge in [-0.2, -0.15) is 0 Å². The molecule has 5 aromatic carbocycles. The second kappa shape index (κ2) is 12.0. The second-order valence-electron chi connectivity index (χ2n) is 14.9. The normalized spacial score (nSPS) is 22.8. The summed E-state index contributed by atoms with van der Waals surface area (Å²) in [4.78, 5) is 70.1. The number of aromatic nitrogens is 3. The zero-order valence-corrected chi connectivity index (χ0v) is 30.1. The van der Waals surface area contributed by atoms with Gasteiger partial charge in [0, 0.05) is 28.1 Å². The fourth-order valence-electron chi connectivity index (χ4n) is 10.1. The lowest BCUT2D eigenvalue weighted by molar-refractivity contribution is -0.124. The molecule has 3 fully saturated rings. The van der Waals surface area contributed by atoms with Crippen LogP contribution in [0.2, 0.25) is 0 Å². The lowest BCUT2D eigenvalue weighted by atomic mass is 9.75. The van der Waals surface area contributed by atoms with E-state index in [9.17, 15) is 28.7 Å². The first-order valence-electron chi connectivity index (χ1n) is 18.8. The number of H-pyrrole nitrogens is 1. The van der Waals surface area contributed by atoms with Crippen LogP contribution in [-0.4, -0.2) is 60.4 Å². The SMILES string of the molecule is O=C1C(c2c(O)[nH]c3ccccc23)=Nc2ccccc21.O=C1[C@H]2C3CCCN3C3(c4ccccc4-n4c3nc3ccccc3c4=O)[C@H]2C(=O)N1c1ccccc1F. The molecule has 12 heteroatoms. The number of aliphatic imine (C=N–C) groups is 1. The number of anilines is 1. The van der Waals surface area contributed by atoms with Gasteiger partial charge in [-0.25, -0.2) is 19.3 Å². The number of hydrogen-bond donors (Lipinski definition) is 2. The van der Waals surface area contributed by atoms with Crippen LogP contribution in [0.25, 0.3) is 27.5 Å². The standard InChI is InChI=1S/C29H21FN4O3.C16H10N2O2/c30-18-10-3-6-13-21(18)33-26(36)23-22-14-7-15-32(22)29(24(23)27(33)37)17-9-2-5-12-20(17)34-25(35)16-8-1-4-11-19(16)31-28(29)34;19-15-10-6-2-4-8-12(10)17-14(15)13-9-5-1-3-7-11(9)18-16(13)20/h1-6,8-13,22-24H,7,14-15H2;1-8,18,20H/t22?,23-,24+,29?;/m0./s1. The molecule has 2 unspecified atom stereocenters. The molecule has 3 saturated heterocycles. The van der Waals surface area contributed by atoms with Crippen molar-refractivity contribution >= 4 is 56.5 Å². The Labute approximate surface area is 323 Å². The highest BCUT2D eigenvalue weighted by atomic mass is 19.1. The Hall–Kier alpha value is -7.05. The summed E-state index contributed by atoms with van der Waals surface area (Å²) in [5.74, 6) is -2.63. The van der Waals surface area contributed by atoms with Crippen LogP contribution in [0.15, 0.2) is 131 Å². The number of halogens is 1. The van der Waals surface area contributed by atoms with Crippen LogP contribution < -0.4 is 10.5 Å². The zero-order valence-electron chi connectivity index (χ0n) is 30.1. The topological polar surface area (TPSA) is 141 Å². The average Bonchev–Trinajstić information content (AvgIpc) is 4.06. The molecule has 2 amide bonds. The van der Waals surface area contributed by atoms with E-state index in [1.165, 1.54) is 18.2 Å². The van der Waals surface area contributed by atoms with E-state index in [0.717, 1.165) is 34.2 Å². The Kier molecular flexibility index (Phi) is 7.00. The van der Waals surface area contributed by atoms with Crippen LogP contribution in [0, 0.1) is 17.7 Å². The van der Waals surface area contributed by atoms with Crippen molar-refractivity contribution in [3.05, 3.63) is 160 Å². The van der Waals surface area contributed by atoms with E-state index in [0.29, 0.717) is 51.5 Å². The van der Waals surface area contributed by atoms with E-state index in [1.807, 2.05) is 72.8 Å². The Morgan fingerprint density at radius 2 is 1.47 bits per heavy atom. The van der Waals surface area contributed by atoms with Gasteiger partial charge in [0.05, 0.1) is 45.4 Å². The number of fused-ring (bicyclic) bond motifs is 13. The summed E-state index contributed by atoms with van der Waals surface area (Å²) in [6.45, 7) is 0.676. The molecule has 4 atom stereocenters. The van der Waals surface area contributed by atoms with Crippen molar-refractivity contribution in [1.29, 1.82) is 0 Å². The third kappa shape index (κ3) is 4.32. The molecule has 2 aromatic heterocycles. The van der Waals surface area contributed by atoms with Crippen LogP contribution in [0.1, 0.15) is 40.2 Å². The lowest BCUT2D eigenvalue weighted by Gasteiger charge is -2.38. The number of imide groups is 1. The van der Waals surface area contributed by atoms with Crippen molar-refractivity contribution in [3.63, 3.8) is 0 Å². The first kappa shape index (κ1) is 33.3. The summed E-state index contributed by atoms with van der Waals surface area (Å²) < 4.78 is 16.5. The van der Waals surface area contributed by atoms with Gasteiger partial charge in [0.25, 0.3) is 5.56 Å². The number of aromatic hydroxyl groups is 1. The number of para-hydroxylation sites is 5. The minimum absolute atomic E-state index is 0.0221. The summed E-state index contributed by atoms with van der Waals surface area (Å²) >= 11 is 0. The average molecular weight is 755 g/mol. The summed E-state index contributed by atoms with van der Waals surface area (Å²) in [6, 6.07) is 35.1. The Bertz CT molecular complexity index is 3030. The number of benzene rings is 5. The van der Waals surface area contributed by atoms with Crippen LogP contribution >= 0.6 is 0 Å². The first-order chi connectivity index (χ1) is 27.8. The number of amides is 2. The molecule has 0 bridgehead atoms. The van der Waals surface area contributed by atoms with Crippen molar-refractivity contribution in [2.24, 2.45) is 16.8 Å². The molecule has 57 heavy (non-hydrogen) atoms. The Balaban J connectivity index is 0.000000158. The number of nitrogens with one attached hydrogen (secondary N) is 1. The third-order valence-corrected chi connectivity index (χ3v) is 12.3. The van der Waals surface area contributed by atoms with Gasteiger partial charge >= 0.3 is 0 Å². The van der Waals surface area contributed by atoms with Gasteiger partial charge < -0.3 is 10.1 Å². The smallest absolute Gasteiger partial charge is 0.266 e. The summed E-state index contributed by atoms with van der Waals surface area (Å²) in [6.07, 6.45) is 1.60. The summed E-state index contributed by atoms with van der Waals surface area (Å²) in [5.41, 5.74) is 3.47. The monoisotopic (exact) mass is 754 g/mol. The molecule has 0 radical (unpaired) electrons. The summed E-state index contributed by atoms with van der Waals surface area (Å²) in [5, 5.41) is 11.4. The largest absolute Gasteiger partial charge is 0.494 e. The molecule has 278 valence electrons.